The Morgan fingerprint density at radius 3 is 2.66 bits per heavy atom. The van der Waals surface area contributed by atoms with Crippen LogP contribution in [0.3, 0.4) is 0 Å². The molecule has 0 aliphatic carbocycles. The topological polar surface area (TPSA) is 92.5 Å². The Balaban J connectivity index is 1.35. The van der Waals surface area contributed by atoms with E-state index in [1.807, 2.05) is 30.3 Å². The fourth-order valence-electron chi connectivity index (χ4n) is 2.86. The Bertz CT molecular complexity index is 1020. The maximum absolute atomic E-state index is 12.4. The summed E-state index contributed by atoms with van der Waals surface area (Å²) < 4.78 is 17.8. The molecule has 148 valence electrons. The lowest BCUT2D eigenvalue weighted by molar-refractivity contribution is 0.0468. The van der Waals surface area contributed by atoms with Crippen LogP contribution < -0.4 is 9.47 Å². The van der Waals surface area contributed by atoms with Crippen LogP contribution in [-0.2, 0) is 11.3 Å². The van der Waals surface area contributed by atoms with E-state index in [2.05, 4.69) is 10.3 Å². The average Bonchev–Trinajstić information content (AvgIpc) is 3.08. The van der Waals surface area contributed by atoms with Crippen molar-refractivity contribution in [3.63, 3.8) is 0 Å². The third-order valence-electron chi connectivity index (χ3n) is 4.34. The number of fused-ring (bicyclic) bond motifs is 1. The van der Waals surface area contributed by atoms with Crippen molar-refractivity contribution in [3.05, 3.63) is 71.5 Å². The summed E-state index contributed by atoms with van der Waals surface area (Å²) in [7, 11) is 0. The number of hydrogen-bond acceptors (Lipinski definition) is 7. The molecule has 0 unspecified atom stereocenters. The van der Waals surface area contributed by atoms with Gasteiger partial charge in [0.1, 0.15) is 0 Å². The molecule has 8 heteroatoms. The van der Waals surface area contributed by atoms with E-state index in [0.717, 1.165) is 12.0 Å². The molecule has 29 heavy (non-hydrogen) atoms. The van der Waals surface area contributed by atoms with Gasteiger partial charge < -0.3 is 14.2 Å². The van der Waals surface area contributed by atoms with Crippen LogP contribution in [0.15, 0.2) is 54.7 Å². The predicted octanol–water partition coefficient (Wildman–Crippen LogP) is 2.53. The SMILES string of the molecule is O=C(COC(=O)c1cn(Cc2ccccc2)nn1)c1ccc2c(c1)OCCCO2. The highest BCUT2D eigenvalue weighted by molar-refractivity contribution is 5.99. The number of esters is 1. The molecule has 2 aromatic carbocycles. The molecular formula is C21H19N3O5. The summed E-state index contributed by atoms with van der Waals surface area (Å²) in [5.41, 5.74) is 1.46. The molecule has 4 rings (SSSR count). The van der Waals surface area contributed by atoms with Crippen molar-refractivity contribution >= 4 is 11.8 Å². The van der Waals surface area contributed by atoms with Gasteiger partial charge in [0.25, 0.3) is 0 Å². The molecular weight excluding hydrogens is 374 g/mol. The lowest BCUT2D eigenvalue weighted by Gasteiger charge is -2.09. The van der Waals surface area contributed by atoms with Gasteiger partial charge in [-0.25, -0.2) is 9.48 Å². The van der Waals surface area contributed by atoms with E-state index in [1.54, 1.807) is 18.2 Å². The van der Waals surface area contributed by atoms with Crippen LogP contribution in [0, 0.1) is 0 Å². The van der Waals surface area contributed by atoms with Crippen molar-refractivity contribution in [2.75, 3.05) is 19.8 Å². The zero-order chi connectivity index (χ0) is 20.1. The fourth-order valence-corrected chi connectivity index (χ4v) is 2.86. The van der Waals surface area contributed by atoms with E-state index in [9.17, 15) is 9.59 Å². The van der Waals surface area contributed by atoms with Gasteiger partial charge >= 0.3 is 5.97 Å². The van der Waals surface area contributed by atoms with Crippen molar-refractivity contribution in [3.8, 4) is 11.5 Å². The number of benzene rings is 2. The van der Waals surface area contributed by atoms with Gasteiger partial charge in [0, 0.05) is 12.0 Å². The summed E-state index contributed by atoms with van der Waals surface area (Å²) in [5.74, 6) is 0.0762. The molecule has 0 atom stereocenters. The van der Waals surface area contributed by atoms with Crippen LogP contribution in [0.5, 0.6) is 11.5 Å². The van der Waals surface area contributed by atoms with Crippen molar-refractivity contribution < 1.29 is 23.8 Å². The standard InChI is InChI=1S/C21H19N3O5/c25-18(16-7-8-19-20(11-16)28-10-4-9-27-19)14-29-21(26)17-13-24(23-22-17)12-15-5-2-1-3-6-15/h1-3,5-8,11,13H,4,9-10,12,14H2. The minimum atomic E-state index is -0.702. The third kappa shape index (κ3) is 4.60. The number of nitrogens with zero attached hydrogens (tertiary/aromatic N) is 3. The van der Waals surface area contributed by atoms with Gasteiger partial charge in [-0.05, 0) is 23.8 Å². The molecule has 1 aliphatic rings. The molecule has 2 heterocycles. The van der Waals surface area contributed by atoms with Gasteiger partial charge in [-0.3, -0.25) is 4.79 Å². The number of carbonyl (C=O) groups is 2. The van der Waals surface area contributed by atoms with Crippen molar-refractivity contribution in [2.45, 2.75) is 13.0 Å². The van der Waals surface area contributed by atoms with E-state index >= 15 is 0 Å². The first-order valence-electron chi connectivity index (χ1n) is 9.23. The second kappa shape index (κ2) is 8.55. The first-order chi connectivity index (χ1) is 14.2. The molecule has 0 bridgehead atoms. The zero-order valence-corrected chi connectivity index (χ0v) is 15.6. The van der Waals surface area contributed by atoms with E-state index in [1.165, 1.54) is 10.9 Å². The largest absolute Gasteiger partial charge is 0.490 e. The number of ketones is 1. The van der Waals surface area contributed by atoms with Crippen molar-refractivity contribution in [1.29, 1.82) is 0 Å². The number of Topliss-reactive ketones (excluding diaryl/α,β-unsaturated/α-hetero) is 1. The quantitative estimate of drug-likeness (QED) is 0.469. The monoisotopic (exact) mass is 393 g/mol. The molecule has 3 aromatic rings. The first-order valence-corrected chi connectivity index (χ1v) is 9.23. The van der Waals surface area contributed by atoms with E-state index in [0.29, 0.717) is 36.8 Å². The molecule has 0 saturated carbocycles. The summed E-state index contributed by atoms with van der Waals surface area (Å²) in [4.78, 5) is 24.6. The Hall–Kier alpha value is -3.68. The second-order valence-corrected chi connectivity index (χ2v) is 6.50. The van der Waals surface area contributed by atoms with Crippen molar-refractivity contribution in [2.24, 2.45) is 0 Å². The minimum absolute atomic E-state index is 0.0485. The molecule has 0 N–H and O–H groups in total. The molecule has 0 saturated heterocycles. The summed E-state index contributed by atoms with van der Waals surface area (Å²) in [5, 5.41) is 7.75. The van der Waals surface area contributed by atoms with Crippen molar-refractivity contribution in [1.82, 2.24) is 15.0 Å². The molecule has 0 amide bonds. The lowest BCUT2D eigenvalue weighted by atomic mass is 10.1. The molecule has 8 nitrogen and oxygen atoms in total. The zero-order valence-electron chi connectivity index (χ0n) is 15.6. The van der Waals surface area contributed by atoms with Crippen LogP contribution >= 0.6 is 0 Å². The maximum Gasteiger partial charge on any atom is 0.360 e. The Morgan fingerprint density at radius 2 is 1.83 bits per heavy atom. The summed E-state index contributed by atoms with van der Waals surface area (Å²) >= 11 is 0. The Labute approximate surface area is 167 Å². The highest BCUT2D eigenvalue weighted by Crippen LogP contribution is 2.30. The van der Waals surface area contributed by atoms with Crippen LogP contribution in [0.1, 0.15) is 32.8 Å². The molecule has 0 radical (unpaired) electrons. The third-order valence-corrected chi connectivity index (χ3v) is 4.34. The number of carbonyl (C=O) groups excluding carboxylic acids is 2. The molecule has 0 spiro atoms. The number of aromatic nitrogens is 3. The van der Waals surface area contributed by atoms with Crippen LogP contribution in [0.2, 0.25) is 0 Å². The highest BCUT2D eigenvalue weighted by atomic mass is 16.5. The normalized spacial score (nSPS) is 12.8. The number of hydrogen-bond donors (Lipinski definition) is 0. The van der Waals surface area contributed by atoms with Gasteiger partial charge in [-0.15, -0.1) is 5.10 Å². The molecule has 0 fully saturated rings. The van der Waals surface area contributed by atoms with Gasteiger partial charge in [-0.1, -0.05) is 35.5 Å². The van der Waals surface area contributed by atoms with E-state index in [-0.39, 0.29) is 11.5 Å². The van der Waals surface area contributed by atoms with Gasteiger partial charge in [-0.2, -0.15) is 0 Å². The first kappa shape index (κ1) is 18.7. The van der Waals surface area contributed by atoms with E-state index in [4.69, 9.17) is 14.2 Å². The smallest absolute Gasteiger partial charge is 0.360 e. The van der Waals surface area contributed by atoms with E-state index < -0.39 is 12.6 Å². The van der Waals surface area contributed by atoms with Gasteiger partial charge in [0.05, 0.1) is 26.0 Å². The summed E-state index contributed by atoms with van der Waals surface area (Å²) in [6.07, 6.45) is 2.27. The average molecular weight is 393 g/mol. The summed E-state index contributed by atoms with van der Waals surface area (Å²) in [6.45, 7) is 1.18. The molecule has 1 aliphatic heterocycles. The minimum Gasteiger partial charge on any atom is -0.490 e. The number of rotatable bonds is 6. The predicted molar refractivity (Wildman–Crippen MR) is 102 cm³/mol. The maximum atomic E-state index is 12.4. The van der Waals surface area contributed by atoms with Crippen LogP contribution in [0.4, 0.5) is 0 Å². The molecule has 1 aromatic heterocycles. The highest BCUT2D eigenvalue weighted by Gasteiger charge is 2.18. The second-order valence-electron chi connectivity index (χ2n) is 6.50. The van der Waals surface area contributed by atoms with Gasteiger partial charge in [0.15, 0.2) is 29.6 Å². The lowest BCUT2D eigenvalue weighted by Crippen LogP contribution is -2.14. The Morgan fingerprint density at radius 1 is 1.03 bits per heavy atom. The Kier molecular flexibility index (Phi) is 5.51. The van der Waals surface area contributed by atoms with Crippen LogP contribution in [0.25, 0.3) is 0 Å². The summed E-state index contributed by atoms with van der Waals surface area (Å²) in [6, 6.07) is 14.6. The van der Waals surface area contributed by atoms with Crippen LogP contribution in [-0.4, -0.2) is 46.6 Å². The van der Waals surface area contributed by atoms with Gasteiger partial charge in [0.2, 0.25) is 0 Å². The number of ether oxygens (including phenoxy) is 3. The fraction of sp³-hybridized carbons (Fsp3) is 0.238.